The largest absolute Gasteiger partial charge is 0.351 e. The molecule has 0 saturated carbocycles. The number of aromatic nitrogens is 1. The smallest absolute Gasteiger partial charge is 0.271 e. The van der Waals surface area contributed by atoms with Gasteiger partial charge in [-0.2, -0.15) is 0 Å². The molecule has 0 fully saturated rings. The Morgan fingerprint density at radius 1 is 1.18 bits per heavy atom. The number of hydrogen-bond donors (Lipinski definition) is 1. The molecule has 1 aromatic carbocycles. The molecule has 1 aromatic heterocycles. The van der Waals surface area contributed by atoms with Crippen LogP contribution in [0.2, 0.25) is 10.2 Å². The Morgan fingerprint density at radius 2 is 1.95 bits per heavy atom. The van der Waals surface area contributed by atoms with Crippen molar-refractivity contribution in [2.75, 3.05) is 6.54 Å². The highest BCUT2D eigenvalue weighted by molar-refractivity contribution is 6.34. The van der Waals surface area contributed by atoms with Crippen molar-refractivity contribution in [2.45, 2.75) is 26.7 Å². The molecule has 1 N–H and O–H groups in total. The van der Waals surface area contributed by atoms with Crippen LogP contribution >= 0.6 is 23.2 Å². The predicted octanol–water partition coefficient (Wildman–Crippen LogP) is 4.37. The highest BCUT2D eigenvalue weighted by atomic mass is 35.5. The van der Waals surface area contributed by atoms with Crippen LogP contribution in [0.3, 0.4) is 0 Å². The summed E-state index contributed by atoms with van der Waals surface area (Å²) in [4.78, 5) is 16.0. The van der Waals surface area contributed by atoms with Gasteiger partial charge in [0.2, 0.25) is 0 Å². The maximum absolute atomic E-state index is 12.0. The van der Waals surface area contributed by atoms with Gasteiger partial charge in [-0.25, -0.2) is 4.98 Å². The number of halogens is 2. The maximum Gasteiger partial charge on any atom is 0.271 e. The van der Waals surface area contributed by atoms with Crippen LogP contribution in [-0.2, 0) is 6.42 Å². The number of aryl methyl sites for hydroxylation is 3. The molecule has 0 aliphatic rings. The minimum atomic E-state index is -0.298. The van der Waals surface area contributed by atoms with Crippen LogP contribution in [-0.4, -0.2) is 17.4 Å². The van der Waals surface area contributed by atoms with Gasteiger partial charge >= 0.3 is 0 Å². The zero-order valence-corrected chi connectivity index (χ0v) is 14.1. The number of hydrogen-bond acceptors (Lipinski definition) is 2. The molecule has 1 amide bonds. The number of carbonyl (C=O) groups is 1. The number of benzene rings is 1. The van der Waals surface area contributed by atoms with Crippen molar-refractivity contribution in [2.24, 2.45) is 0 Å². The van der Waals surface area contributed by atoms with E-state index in [2.05, 4.69) is 42.3 Å². The van der Waals surface area contributed by atoms with Gasteiger partial charge in [0.1, 0.15) is 10.8 Å². The SMILES string of the molecule is Cc1ccc(CCCNC(=O)c2nc(Cl)ccc2Cl)c(C)c1. The summed E-state index contributed by atoms with van der Waals surface area (Å²) < 4.78 is 0. The third-order valence-electron chi connectivity index (χ3n) is 3.43. The van der Waals surface area contributed by atoms with E-state index < -0.39 is 0 Å². The molecular weight excluding hydrogens is 319 g/mol. The summed E-state index contributed by atoms with van der Waals surface area (Å²) in [6, 6.07) is 9.55. The summed E-state index contributed by atoms with van der Waals surface area (Å²) in [7, 11) is 0. The first-order valence-electron chi connectivity index (χ1n) is 7.14. The van der Waals surface area contributed by atoms with Crippen molar-refractivity contribution in [1.82, 2.24) is 10.3 Å². The fourth-order valence-corrected chi connectivity index (χ4v) is 2.61. The van der Waals surface area contributed by atoms with Crippen molar-refractivity contribution in [3.8, 4) is 0 Å². The third-order valence-corrected chi connectivity index (χ3v) is 3.95. The zero-order valence-electron chi connectivity index (χ0n) is 12.6. The minimum absolute atomic E-state index is 0.167. The van der Waals surface area contributed by atoms with Gasteiger partial charge in [0.25, 0.3) is 5.91 Å². The monoisotopic (exact) mass is 336 g/mol. The number of amides is 1. The van der Waals surface area contributed by atoms with Gasteiger partial charge in [-0.05, 0) is 49.9 Å². The summed E-state index contributed by atoms with van der Waals surface area (Å²) in [6.07, 6.45) is 1.77. The first-order valence-corrected chi connectivity index (χ1v) is 7.89. The molecule has 5 heteroatoms. The van der Waals surface area contributed by atoms with Crippen molar-refractivity contribution < 1.29 is 4.79 Å². The molecule has 0 bridgehead atoms. The average molecular weight is 337 g/mol. The molecule has 0 unspecified atom stereocenters. The van der Waals surface area contributed by atoms with Gasteiger partial charge in [0.15, 0.2) is 0 Å². The molecule has 0 saturated heterocycles. The Bertz CT molecular complexity index is 686. The van der Waals surface area contributed by atoms with Gasteiger partial charge in [-0.3, -0.25) is 4.79 Å². The van der Waals surface area contributed by atoms with E-state index in [1.807, 2.05) is 0 Å². The van der Waals surface area contributed by atoms with E-state index in [-0.39, 0.29) is 16.8 Å². The van der Waals surface area contributed by atoms with Gasteiger partial charge in [0.05, 0.1) is 5.02 Å². The van der Waals surface area contributed by atoms with Gasteiger partial charge in [-0.1, -0.05) is 47.0 Å². The molecule has 116 valence electrons. The van der Waals surface area contributed by atoms with E-state index in [0.717, 1.165) is 12.8 Å². The molecule has 1 heterocycles. The van der Waals surface area contributed by atoms with Crippen LogP contribution in [0.1, 0.15) is 33.6 Å². The summed E-state index contributed by atoms with van der Waals surface area (Å²) in [5.41, 5.74) is 4.02. The Kier molecular flexibility index (Phi) is 5.81. The lowest BCUT2D eigenvalue weighted by Crippen LogP contribution is -2.26. The molecule has 0 atom stereocenters. The van der Waals surface area contributed by atoms with Crippen molar-refractivity contribution in [3.63, 3.8) is 0 Å². The standard InChI is InChI=1S/C17H18Cl2N2O/c1-11-5-6-13(12(2)10-11)4-3-9-20-17(22)16-14(18)7-8-15(19)21-16/h5-8,10H,3-4,9H2,1-2H3,(H,20,22). The Balaban J connectivity index is 1.86. The summed E-state index contributed by atoms with van der Waals surface area (Å²) in [5.74, 6) is -0.298. The van der Waals surface area contributed by atoms with E-state index in [4.69, 9.17) is 23.2 Å². The zero-order chi connectivity index (χ0) is 16.1. The molecule has 0 radical (unpaired) electrons. The molecule has 2 aromatic rings. The summed E-state index contributed by atoms with van der Waals surface area (Å²) in [6.45, 7) is 4.76. The second-order valence-electron chi connectivity index (χ2n) is 5.25. The molecule has 3 nitrogen and oxygen atoms in total. The van der Waals surface area contributed by atoms with Crippen LogP contribution in [0.15, 0.2) is 30.3 Å². The van der Waals surface area contributed by atoms with E-state index >= 15 is 0 Å². The van der Waals surface area contributed by atoms with E-state index in [0.29, 0.717) is 11.6 Å². The molecule has 0 aliphatic heterocycles. The lowest BCUT2D eigenvalue weighted by atomic mass is 10.0. The number of pyridine rings is 1. The molecule has 0 spiro atoms. The third kappa shape index (κ3) is 4.46. The summed E-state index contributed by atoms with van der Waals surface area (Å²) in [5, 5.41) is 3.38. The van der Waals surface area contributed by atoms with E-state index in [9.17, 15) is 4.79 Å². The lowest BCUT2D eigenvalue weighted by molar-refractivity contribution is 0.0948. The minimum Gasteiger partial charge on any atom is -0.351 e. The first kappa shape index (κ1) is 16.8. The first-order chi connectivity index (χ1) is 10.5. The van der Waals surface area contributed by atoms with Crippen molar-refractivity contribution in [3.05, 3.63) is 62.9 Å². The van der Waals surface area contributed by atoms with Crippen LogP contribution in [0, 0.1) is 13.8 Å². The normalized spacial score (nSPS) is 10.5. The average Bonchev–Trinajstić information content (AvgIpc) is 2.47. The highest BCUT2D eigenvalue weighted by Crippen LogP contribution is 2.17. The van der Waals surface area contributed by atoms with Crippen molar-refractivity contribution >= 4 is 29.1 Å². The number of nitrogens with one attached hydrogen (secondary N) is 1. The predicted molar refractivity (Wildman–Crippen MR) is 90.8 cm³/mol. The Labute approximate surface area is 140 Å². The molecule has 0 aliphatic carbocycles. The van der Waals surface area contributed by atoms with Gasteiger partial charge in [0, 0.05) is 6.54 Å². The van der Waals surface area contributed by atoms with Crippen molar-refractivity contribution in [1.29, 1.82) is 0 Å². The quantitative estimate of drug-likeness (QED) is 0.650. The lowest BCUT2D eigenvalue weighted by Gasteiger charge is -2.08. The fraction of sp³-hybridized carbons (Fsp3) is 0.294. The number of rotatable bonds is 5. The van der Waals surface area contributed by atoms with E-state index in [1.165, 1.54) is 16.7 Å². The maximum atomic E-state index is 12.0. The van der Waals surface area contributed by atoms with Crippen LogP contribution < -0.4 is 5.32 Å². The Morgan fingerprint density at radius 3 is 2.68 bits per heavy atom. The van der Waals surface area contributed by atoms with Gasteiger partial charge < -0.3 is 5.32 Å². The molecule has 22 heavy (non-hydrogen) atoms. The van der Waals surface area contributed by atoms with Crippen LogP contribution in [0.25, 0.3) is 0 Å². The Hall–Kier alpha value is -1.58. The topological polar surface area (TPSA) is 42.0 Å². The number of nitrogens with zero attached hydrogens (tertiary/aromatic N) is 1. The fourth-order valence-electron chi connectivity index (χ4n) is 2.27. The van der Waals surface area contributed by atoms with Crippen LogP contribution in [0.5, 0.6) is 0 Å². The van der Waals surface area contributed by atoms with E-state index in [1.54, 1.807) is 12.1 Å². The molecule has 2 rings (SSSR count). The van der Waals surface area contributed by atoms with Gasteiger partial charge in [-0.15, -0.1) is 0 Å². The second-order valence-corrected chi connectivity index (χ2v) is 6.05. The second kappa shape index (κ2) is 7.61. The summed E-state index contributed by atoms with van der Waals surface area (Å²) >= 11 is 11.7. The van der Waals surface area contributed by atoms with Crippen LogP contribution in [0.4, 0.5) is 0 Å². The molecular formula is C17H18Cl2N2O. The number of carbonyl (C=O) groups excluding carboxylic acids is 1. The highest BCUT2D eigenvalue weighted by Gasteiger charge is 2.12.